The van der Waals surface area contributed by atoms with Gasteiger partial charge in [-0.2, -0.15) is 5.10 Å². The SMILES string of the molecule is CCC(C)Oc1cccc(C=Nn2c(=O)[nH]c3ccccc3c2=O)c1. The lowest BCUT2D eigenvalue weighted by molar-refractivity contribution is 0.217. The minimum absolute atomic E-state index is 0.109. The Morgan fingerprint density at radius 2 is 2.00 bits per heavy atom. The van der Waals surface area contributed by atoms with Crippen molar-refractivity contribution in [2.24, 2.45) is 5.10 Å². The molecule has 25 heavy (non-hydrogen) atoms. The molecule has 1 aromatic heterocycles. The third-order valence-corrected chi connectivity index (χ3v) is 3.88. The van der Waals surface area contributed by atoms with Crippen molar-refractivity contribution in [1.82, 2.24) is 9.66 Å². The minimum Gasteiger partial charge on any atom is -0.491 e. The van der Waals surface area contributed by atoms with Gasteiger partial charge < -0.3 is 9.72 Å². The molecule has 0 spiro atoms. The van der Waals surface area contributed by atoms with Crippen molar-refractivity contribution >= 4 is 17.1 Å². The molecular formula is C19H19N3O3. The molecule has 1 unspecified atom stereocenters. The summed E-state index contributed by atoms with van der Waals surface area (Å²) >= 11 is 0. The Bertz CT molecular complexity index is 1030. The van der Waals surface area contributed by atoms with Gasteiger partial charge in [-0.25, -0.2) is 4.79 Å². The fraction of sp³-hybridized carbons (Fsp3) is 0.211. The zero-order valence-corrected chi connectivity index (χ0v) is 14.1. The Kier molecular flexibility index (Phi) is 4.79. The molecule has 0 aliphatic rings. The number of H-pyrrole nitrogens is 1. The van der Waals surface area contributed by atoms with Crippen LogP contribution in [-0.2, 0) is 0 Å². The van der Waals surface area contributed by atoms with Crippen molar-refractivity contribution in [2.75, 3.05) is 0 Å². The van der Waals surface area contributed by atoms with E-state index in [0.29, 0.717) is 10.9 Å². The van der Waals surface area contributed by atoms with Crippen LogP contribution in [0.25, 0.3) is 10.9 Å². The summed E-state index contributed by atoms with van der Waals surface area (Å²) in [6.07, 6.45) is 2.48. The highest BCUT2D eigenvalue weighted by molar-refractivity contribution is 5.80. The largest absolute Gasteiger partial charge is 0.491 e. The number of hydrogen-bond acceptors (Lipinski definition) is 4. The van der Waals surface area contributed by atoms with Crippen molar-refractivity contribution in [3.8, 4) is 5.75 Å². The van der Waals surface area contributed by atoms with E-state index in [0.717, 1.165) is 22.4 Å². The van der Waals surface area contributed by atoms with Crippen molar-refractivity contribution in [3.05, 3.63) is 74.9 Å². The number of nitrogens with zero attached hydrogens (tertiary/aromatic N) is 2. The van der Waals surface area contributed by atoms with E-state index in [2.05, 4.69) is 10.1 Å². The Balaban J connectivity index is 1.95. The van der Waals surface area contributed by atoms with E-state index in [4.69, 9.17) is 4.74 Å². The summed E-state index contributed by atoms with van der Waals surface area (Å²) in [5.74, 6) is 0.720. The molecule has 0 aliphatic heterocycles. The summed E-state index contributed by atoms with van der Waals surface area (Å²) in [4.78, 5) is 27.2. The Hall–Kier alpha value is -3.15. The molecule has 128 valence electrons. The number of aromatic nitrogens is 2. The van der Waals surface area contributed by atoms with Crippen LogP contribution in [-0.4, -0.2) is 22.0 Å². The van der Waals surface area contributed by atoms with Gasteiger partial charge >= 0.3 is 5.69 Å². The van der Waals surface area contributed by atoms with Crippen LogP contribution in [0, 0.1) is 0 Å². The lowest BCUT2D eigenvalue weighted by Gasteiger charge is -2.12. The van der Waals surface area contributed by atoms with Crippen LogP contribution in [0.3, 0.4) is 0 Å². The second-order valence-electron chi connectivity index (χ2n) is 5.75. The molecule has 3 aromatic rings. The van der Waals surface area contributed by atoms with Gasteiger partial charge in [-0.15, -0.1) is 4.68 Å². The normalized spacial score (nSPS) is 12.6. The monoisotopic (exact) mass is 337 g/mol. The molecule has 0 radical (unpaired) electrons. The molecule has 3 rings (SSSR count). The topological polar surface area (TPSA) is 76.5 Å². The zero-order chi connectivity index (χ0) is 17.8. The molecular weight excluding hydrogens is 318 g/mol. The predicted molar refractivity (Wildman–Crippen MR) is 98.6 cm³/mol. The van der Waals surface area contributed by atoms with Crippen molar-refractivity contribution in [1.29, 1.82) is 0 Å². The number of aromatic amines is 1. The van der Waals surface area contributed by atoms with Gasteiger partial charge in [0, 0.05) is 0 Å². The van der Waals surface area contributed by atoms with E-state index < -0.39 is 11.2 Å². The lowest BCUT2D eigenvalue weighted by atomic mass is 10.2. The average molecular weight is 337 g/mol. The molecule has 0 bridgehead atoms. The molecule has 0 saturated carbocycles. The highest BCUT2D eigenvalue weighted by Crippen LogP contribution is 2.14. The van der Waals surface area contributed by atoms with Crippen molar-refractivity contribution in [3.63, 3.8) is 0 Å². The third-order valence-electron chi connectivity index (χ3n) is 3.88. The molecule has 6 nitrogen and oxygen atoms in total. The summed E-state index contributed by atoms with van der Waals surface area (Å²) in [5, 5.41) is 4.46. The first-order valence-electron chi connectivity index (χ1n) is 8.13. The molecule has 0 aliphatic carbocycles. The highest BCUT2D eigenvalue weighted by Gasteiger charge is 2.06. The van der Waals surface area contributed by atoms with Gasteiger partial charge in [0.1, 0.15) is 5.75 Å². The number of para-hydroxylation sites is 1. The van der Waals surface area contributed by atoms with Crippen LogP contribution in [0.5, 0.6) is 5.75 Å². The van der Waals surface area contributed by atoms with E-state index in [1.54, 1.807) is 24.3 Å². The first-order valence-corrected chi connectivity index (χ1v) is 8.13. The number of hydrogen-bond donors (Lipinski definition) is 1. The van der Waals surface area contributed by atoms with Gasteiger partial charge in [-0.3, -0.25) is 4.79 Å². The highest BCUT2D eigenvalue weighted by atomic mass is 16.5. The standard InChI is InChI=1S/C19H19N3O3/c1-3-13(2)25-15-8-6-7-14(11-15)12-20-22-18(23)16-9-4-5-10-17(16)21-19(22)24/h4-13H,3H2,1-2H3,(H,21,24). The van der Waals surface area contributed by atoms with Crippen molar-refractivity contribution < 1.29 is 4.74 Å². The van der Waals surface area contributed by atoms with E-state index >= 15 is 0 Å². The second-order valence-corrected chi connectivity index (χ2v) is 5.75. The summed E-state index contributed by atoms with van der Waals surface area (Å²) in [6.45, 7) is 4.04. The number of ether oxygens (including phenoxy) is 1. The molecule has 0 fully saturated rings. The fourth-order valence-electron chi connectivity index (χ4n) is 2.37. The molecule has 6 heteroatoms. The number of fused-ring (bicyclic) bond motifs is 1. The Labute approximate surface area is 144 Å². The van der Waals surface area contributed by atoms with Gasteiger partial charge in [0.2, 0.25) is 0 Å². The van der Waals surface area contributed by atoms with Gasteiger partial charge in [0.15, 0.2) is 0 Å². The van der Waals surface area contributed by atoms with Crippen LogP contribution in [0.2, 0.25) is 0 Å². The smallest absolute Gasteiger partial charge is 0.349 e. The van der Waals surface area contributed by atoms with E-state index in [1.165, 1.54) is 6.21 Å². The van der Waals surface area contributed by atoms with Gasteiger partial charge in [0.25, 0.3) is 5.56 Å². The number of benzene rings is 2. The number of nitrogens with one attached hydrogen (secondary N) is 1. The predicted octanol–water partition coefficient (Wildman–Crippen LogP) is 2.75. The molecule has 0 saturated heterocycles. The Morgan fingerprint density at radius 3 is 2.80 bits per heavy atom. The van der Waals surface area contributed by atoms with E-state index in [-0.39, 0.29) is 6.10 Å². The average Bonchev–Trinajstić information content (AvgIpc) is 2.61. The van der Waals surface area contributed by atoms with E-state index in [1.807, 2.05) is 38.1 Å². The maximum absolute atomic E-state index is 12.4. The number of rotatable bonds is 5. The molecule has 0 amide bonds. The Morgan fingerprint density at radius 1 is 1.20 bits per heavy atom. The molecule has 1 atom stereocenters. The van der Waals surface area contributed by atoms with Gasteiger partial charge in [-0.1, -0.05) is 31.2 Å². The first kappa shape index (κ1) is 16.7. The second kappa shape index (κ2) is 7.17. The van der Waals surface area contributed by atoms with Crippen molar-refractivity contribution in [2.45, 2.75) is 26.4 Å². The summed E-state index contributed by atoms with van der Waals surface area (Å²) in [7, 11) is 0. The zero-order valence-electron chi connectivity index (χ0n) is 14.1. The summed E-state index contributed by atoms with van der Waals surface area (Å²) in [5.41, 5.74) is 0.197. The molecule has 1 N–H and O–H groups in total. The van der Waals surface area contributed by atoms with Crippen LogP contribution in [0.4, 0.5) is 0 Å². The maximum atomic E-state index is 12.4. The van der Waals surface area contributed by atoms with E-state index in [9.17, 15) is 9.59 Å². The van der Waals surface area contributed by atoms with Crippen LogP contribution in [0.1, 0.15) is 25.8 Å². The van der Waals surface area contributed by atoms with Crippen LogP contribution in [0.15, 0.2) is 63.2 Å². The van der Waals surface area contributed by atoms with Crippen LogP contribution >= 0.6 is 0 Å². The van der Waals surface area contributed by atoms with Gasteiger partial charge in [0.05, 0.1) is 23.2 Å². The molecule has 1 heterocycles. The third kappa shape index (κ3) is 3.68. The van der Waals surface area contributed by atoms with Gasteiger partial charge in [-0.05, 0) is 43.2 Å². The maximum Gasteiger partial charge on any atom is 0.349 e. The lowest BCUT2D eigenvalue weighted by Crippen LogP contribution is -2.32. The quantitative estimate of drug-likeness (QED) is 0.727. The minimum atomic E-state index is -0.577. The fourth-order valence-corrected chi connectivity index (χ4v) is 2.37. The van der Waals surface area contributed by atoms with Crippen LogP contribution < -0.4 is 16.0 Å². The first-order chi connectivity index (χ1) is 12.1. The summed E-state index contributed by atoms with van der Waals surface area (Å²) in [6, 6.07) is 14.2. The summed E-state index contributed by atoms with van der Waals surface area (Å²) < 4.78 is 6.59. The molecule has 2 aromatic carbocycles.